The molecule has 6 heteroatoms. The molecule has 1 aromatic carbocycles. The molecule has 23 heavy (non-hydrogen) atoms. The molecule has 0 aliphatic rings. The molecule has 0 saturated carbocycles. The summed E-state index contributed by atoms with van der Waals surface area (Å²) in [5, 5.41) is 6.01. The van der Waals surface area contributed by atoms with E-state index >= 15 is 0 Å². The highest BCUT2D eigenvalue weighted by atomic mass is 16.5. The fourth-order valence-electron chi connectivity index (χ4n) is 2.10. The van der Waals surface area contributed by atoms with Crippen LogP contribution in [-0.2, 0) is 11.3 Å². The molecule has 0 atom stereocenters. The second kappa shape index (κ2) is 8.85. The molecule has 2 N–H and O–H groups in total. The lowest BCUT2D eigenvalue weighted by atomic mass is 10.1. The van der Waals surface area contributed by atoms with Gasteiger partial charge in [0.05, 0.1) is 0 Å². The van der Waals surface area contributed by atoms with Gasteiger partial charge in [-0.3, -0.25) is 4.79 Å². The Morgan fingerprint density at radius 1 is 1.26 bits per heavy atom. The first kappa shape index (κ1) is 16.9. The molecule has 2 aromatic rings. The molecular formula is C17H22N4O2. The van der Waals surface area contributed by atoms with E-state index in [-0.39, 0.29) is 5.91 Å². The van der Waals surface area contributed by atoms with Crippen molar-refractivity contribution in [2.24, 2.45) is 0 Å². The standard InChI is InChI=1S/C17H22N4O2/c1-13-5-3-6-14(9-13)11-19-16-10-15(20-12-21-16)17(22)18-7-4-8-23-2/h3,5-6,9-10,12H,4,7-8,11H2,1-2H3,(H,18,22)(H,19,20,21). The summed E-state index contributed by atoms with van der Waals surface area (Å²) in [6, 6.07) is 9.88. The number of hydrogen-bond donors (Lipinski definition) is 2. The number of nitrogens with one attached hydrogen (secondary N) is 2. The Kier molecular flexibility index (Phi) is 6.50. The maximum atomic E-state index is 12.0. The van der Waals surface area contributed by atoms with Gasteiger partial charge in [-0.05, 0) is 18.9 Å². The Hall–Kier alpha value is -2.47. The zero-order chi connectivity index (χ0) is 16.5. The summed E-state index contributed by atoms with van der Waals surface area (Å²) < 4.78 is 4.94. The van der Waals surface area contributed by atoms with Crippen LogP contribution in [-0.4, -0.2) is 36.1 Å². The molecule has 1 aromatic heterocycles. The summed E-state index contributed by atoms with van der Waals surface area (Å²) in [6.45, 7) is 3.88. The first-order valence-corrected chi connectivity index (χ1v) is 7.57. The van der Waals surface area contributed by atoms with Crippen molar-refractivity contribution in [3.8, 4) is 0 Å². The molecule has 122 valence electrons. The van der Waals surface area contributed by atoms with Crippen molar-refractivity contribution in [1.82, 2.24) is 15.3 Å². The molecule has 0 bridgehead atoms. The van der Waals surface area contributed by atoms with Crippen LogP contribution in [0.2, 0.25) is 0 Å². The Labute approximate surface area is 136 Å². The second-order valence-electron chi connectivity index (χ2n) is 5.23. The van der Waals surface area contributed by atoms with E-state index in [0.717, 1.165) is 12.0 Å². The first-order valence-electron chi connectivity index (χ1n) is 7.57. The van der Waals surface area contributed by atoms with Crippen LogP contribution in [0.15, 0.2) is 36.7 Å². The molecule has 2 rings (SSSR count). The van der Waals surface area contributed by atoms with Gasteiger partial charge in [-0.2, -0.15) is 0 Å². The quantitative estimate of drug-likeness (QED) is 0.730. The third-order valence-corrected chi connectivity index (χ3v) is 3.27. The highest BCUT2D eigenvalue weighted by Gasteiger charge is 2.08. The first-order chi connectivity index (χ1) is 11.2. The highest BCUT2D eigenvalue weighted by molar-refractivity contribution is 5.92. The van der Waals surface area contributed by atoms with E-state index in [0.29, 0.717) is 31.2 Å². The molecular weight excluding hydrogens is 292 g/mol. The van der Waals surface area contributed by atoms with Crippen molar-refractivity contribution < 1.29 is 9.53 Å². The zero-order valence-electron chi connectivity index (χ0n) is 13.5. The van der Waals surface area contributed by atoms with Gasteiger partial charge in [0.25, 0.3) is 5.91 Å². The summed E-state index contributed by atoms with van der Waals surface area (Å²) in [6.07, 6.45) is 2.16. The number of carbonyl (C=O) groups excluding carboxylic acids is 1. The minimum absolute atomic E-state index is 0.206. The monoisotopic (exact) mass is 314 g/mol. The maximum Gasteiger partial charge on any atom is 0.270 e. The molecule has 6 nitrogen and oxygen atoms in total. The van der Waals surface area contributed by atoms with E-state index in [4.69, 9.17) is 4.74 Å². The topological polar surface area (TPSA) is 76.1 Å². The predicted octanol–water partition coefficient (Wildman–Crippen LogP) is 2.16. The van der Waals surface area contributed by atoms with Gasteiger partial charge in [0.2, 0.25) is 0 Å². The summed E-state index contributed by atoms with van der Waals surface area (Å²) >= 11 is 0. The molecule has 0 radical (unpaired) electrons. The molecule has 0 saturated heterocycles. The minimum atomic E-state index is -0.206. The number of rotatable bonds is 8. The van der Waals surface area contributed by atoms with Crippen molar-refractivity contribution in [2.75, 3.05) is 25.6 Å². The number of methoxy groups -OCH3 is 1. The average molecular weight is 314 g/mol. The number of anilines is 1. The van der Waals surface area contributed by atoms with Gasteiger partial charge in [-0.25, -0.2) is 9.97 Å². The number of ether oxygens (including phenoxy) is 1. The van der Waals surface area contributed by atoms with Gasteiger partial charge in [0.15, 0.2) is 0 Å². The van der Waals surface area contributed by atoms with Gasteiger partial charge >= 0.3 is 0 Å². The molecule has 0 fully saturated rings. The molecule has 0 aliphatic heterocycles. The van der Waals surface area contributed by atoms with Crippen molar-refractivity contribution in [3.05, 3.63) is 53.5 Å². The largest absolute Gasteiger partial charge is 0.385 e. The SMILES string of the molecule is COCCCNC(=O)c1cc(NCc2cccc(C)c2)ncn1. The van der Waals surface area contributed by atoms with Crippen molar-refractivity contribution in [2.45, 2.75) is 19.9 Å². The van der Waals surface area contributed by atoms with Gasteiger partial charge < -0.3 is 15.4 Å². The molecule has 0 unspecified atom stereocenters. The van der Waals surface area contributed by atoms with Crippen molar-refractivity contribution in [3.63, 3.8) is 0 Å². The fourth-order valence-corrected chi connectivity index (χ4v) is 2.10. The van der Waals surface area contributed by atoms with E-state index in [9.17, 15) is 4.79 Å². The van der Waals surface area contributed by atoms with Gasteiger partial charge in [0.1, 0.15) is 17.8 Å². The summed E-state index contributed by atoms with van der Waals surface area (Å²) in [5.41, 5.74) is 2.72. The molecule has 0 spiro atoms. The van der Waals surface area contributed by atoms with Gasteiger partial charge in [-0.15, -0.1) is 0 Å². The average Bonchev–Trinajstić information content (AvgIpc) is 2.57. The number of amides is 1. The third-order valence-electron chi connectivity index (χ3n) is 3.27. The maximum absolute atomic E-state index is 12.0. The Balaban J connectivity index is 1.90. The Morgan fingerprint density at radius 3 is 2.91 bits per heavy atom. The van der Waals surface area contributed by atoms with Crippen LogP contribution in [0.4, 0.5) is 5.82 Å². The van der Waals surface area contributed by atoms with Crippen LogP contribution < -0.4 is 10.6 Å². The zero-order valence-corrected chi connectivity index (χ0v) is 13.5. The number of aryl methyl sites for hydroxylation is 1. The highest BCUT2D eigenvalue weighted by Crippen LogP contribution is 2.09. The second-order valence-corrected chi connectivity index (χ2v) is 5.23. The number of nitrogens with zero attached hydrogens (tertiary/aromatic N) is 2. The van der Waals surface area contributed by atoms with E-state index in [2.05, 4.69) is 39.7 Å². The number of carbonyl (C=O) groups is 1. The van der Waals surface area contributed by atoms with E-state index in [1.165, 1.54) is 11.9 Å². The lowest BCUT2D eigenvalue weighted by Crippen LogP contribution is -2.26. The van der Waals surface area contributed by atoms with Crippen LogP contribution in [0.5, 0.6) is 0 Å². The van der Waals surface area contributed by atoms with Gasteiger partial charge in [-0.1, -0.05) is 29.8 Å². The summed E-state index contributed by atoms with van der Waals surface area (Å²) in [4.78, 5) is 20.2. The van der Waals surface area contributed by atoms with E-state index in [1.54, 1.807) is 13.2 Å². The Morgan fingerprint density at radius 2 is 2.13 bits per heavy atom. The predicted molar refractivity (Wildman–Crippen MR) is 89.4 cm³/mol. The van der Waals surface area contributed by atoms with Crippen LogP contribution in [0, 0.1) is 6.92 Å². The lowest BCUT2D eigenvalue weighted by Gasteiger charge is -2.08. The smallest absolute Gasteiger partial charge is 0.270 e. The van der Waals surface area contributed by atoms with Crippen molar-refractivity contribution >= 4 is 11.7 Å². The number of hydrogen-bond acceptors (Lipinski definition) is 5. The van der Waals surface area contributed by atoms with Crippen LogP contribution in [0.25, 0.3) is 0 Å². The fraction of sp³-hybridized carbons (Fsp3) is 0.353. The van der Waals surface area contributed by atoms with Crippen molar-refractivity contribution in [1.29, 1.82) is 0 Å². The van der Waals surface area contributed by atoms with Crippen LogP contribution >= 0.6 is 0 Å². The normalized spacial score (nSPS) is 10.3. The van der Waals surface area contributed by atoms with E-state index < -0.39 is 0 Å². The number of benzene rings is 1. The Bertz CT molecular complexity index is 646. The van der Waals surface area contributed by atoms with E-state index in [1.807, 2.05) is 12.1 Å². The minimum Gasteiger partial charge on any atom is -0.385 e. The third kappa shape index (κ3) is 5.67. The summed E-state index contributed by atoms with van der Waals surface area (Å²) in [7, 11) is 1.64. The number of aromatic nitrogens is 2. The van der Waals surface area contributed by atoms with Gasteiger partial charge in [0, 0.05) is 32.9 Å². The molecule has 1 heterocycles. The molecule has 0 aliphatic carbocycles. The molecule has 1 amide bonds. The summed E-state index contributed by atoms with van der Waals surface area (Å²) in [5.74, 6) is 0.422. The lowest BCUT2D eigenvalue weighted by molar-refractivity contribution is 0.0943. The van der Waals surface area contributed by atoms with Crippen LogP contribution in [0.1, 0.15) is 28.0 Å². The van der Waals surface area contributed by atoms with Crippen LogP contribution in [0.3, 0.4) is 0 Å².